The van der Waals surface area contributed by atoms with Gasteiger partial charge in [-0.3, -0.25) is 0 Å². The Morgan fingerprint density at radius 1 is 1.26 bits per heavy atom. The summed E-state index contributed by atoms with van der Waals surface area (Å²) in [7, 11) is 2.25. The van der Waals surface area contributed by atoms with Crippen LogP contribution in [0.2, 0.25) is 12.6 Å². The van der Waals surface area contributed by atoms with Crippen LogP contribution in [0.1, 0.15) is 0 Å². The van der Waals surface area contributed by atoms with Crippen LogP contribution in [0.4, 0.5) is 11.4 Å². The first kappa shape index (κ1) is 18.1. The molecule has 2 aliphatic heterocycles. The molecule has 1 fully saturated rings. The van der Waals surface area contributed by atoms with Crippen LogP contribution in [0.25, 0.3) is 0 Å². The molecule has 0 amide bonds. The van der Waals surface area contributed by atoms with Crippen LogP contribution in [0.3, 0.4) is 0 Å². The van der Waals surface area contributed by atoms with E-state index in [-0.39, 0.29) is 0 Å². The lowest BCUT2D eigenvalue weighted by molar-refractivity contribution is -0.547. The van der Waals surface area contributed by atoms with Gasteiger partial charge in [0.1, 0.15) is 21.3 Å². The lowest BCUT2D eigenvalue weighted by Gasteiger charge is -2.36. The topological polar surface area (TPSA) is 27.8 Å². The number of anilines is 1. The number of aliphatic imine (C=N–C) groups is 1. The zero-order valence-electron chi connectivity index (χ0n) is 16.5. The van der Waals surface area contributed by atoms with E-state index < -0.39 is 8.07 Å². The van der Waals surface area contributed by atoms with Gasteiger partial charge in [-0.25, -0.2) is 9.57 Å². The SMILES string of the molecule is C=CC[Si]1(C)C2=CC(=[N+]3CCOCC3)C=CC2=Nc2ccc(N(C)C)cc21. The number of nitrogens with zero attached hydrogens (tertiary/aromatic N) is 3. The van der Waals surface area contributed by atoms with Crippen LogP contribution in [-0.2, 0) is 4.74 Å². The molecule has 1 aromatic carbocycles. The number of allylic oxidation sites excluding steroid dienone is 5. The molecule has 2 heterocycles. The molecule has 0 bridgehead atoms. The monoisotopic (exact) mass is 378 g/mol. The minimum Gasteiger partial charge on any atom is -0.378 e. The summed E-state index contributed by atoms with van der Waals surface area (Å²) in [6, 6.07) is 7.71. The highest BCUT2D eigenvalue weighted by molar-refractivity contribution is 7.02. The fraction of sp³-hybridized carbons (Fsp3) is 0.364. The second kappa shape index (κ2) is 7.06. The van der Waals surface area contributed by atoms with Gasteiger partial charge in [0.15, 0.2) is 18.8 Å². The van der Waals surface area contributed by atoms with Crippen LogP contribution in [-0.4, -0.2) is 64.5 Å². The average molecular weight is 379 g/mol. The highest BCUT2D eigenvalue weighted by Crippen LogP contribution is 2.34. The standard InChI is InChI=1S/C22H28N3OSi/c1-5-14-27(4)21-15-17(24(2)3)6-8-19(21)23-20-9-7-18(16-22(20)27)25-10-12-26-13-11-25/h5-9,15-16H,1,10-14H2,2-4H3/q+1. The molecule has 0 aromatic heterocycles. The van der Waals surface area contributed by atoms with Crippen LogP contribution in [0, 0.1) is 0 Å². The zero-order chi connectivity index (χ0) is 19.0. The zero-order valence-corrected chi connectivity index (χ0v) is 17.5. The van der Waals surface area contributed by atoms with Crippen molar-refractivity contribution in [1.82, 2.24) is 0 Å². The van der Waals surface area contributed by atoms with Gasteiger partial charge < -0.3 is 9.64 Å². The Morgan fingerprint density at radius 2 is 2.04 bits per heavy atom. The molecular weight excluding hydrogens is 350 g/mol. The van der Waals surface area contributed by atoms with Gasteiger partial charge >= 0.3 is 0 Å². The van der Waals surface area contributed by atoms with Crippen molar-refractivity contribution in [1.29, 1.82) is 0 Å². The Kier molecular flexibility index (Phi) is 4.74. The smallest absolute Gasteiger partial charge is 0.200 e. The average Bonchev–Trinajstić information content (AvgIpc) is 2.68. The molecule has 27 heavy (non-hydrogen) atoms. The van der Waals surface area contributed by atoms with Crippen LogP contribution >= 0.6 is 0 Å². The van der Waals surface area contributed by atoms with Gasteiger partial charge in [0.05, 0.1) is 11.4 Å². The van der Waals surface area contributed by atoms with E-state index in [0.29, 0.717) is 0 Å². The van der Waals surface area contributed by atoms with Crippen LogP contribution in [0.5, 0.6) is 0 Å². The van der Waals surface area contributed by atoms with Crippen molar-refractivity contribution in [2.24, 2.45) is 4.99 Å². The second-order valence-electron chi connectivity index (χ2n) is 7.83. The summed E-state index contributed by atoms with van der Waals surface area (Å²) in [5.74, 6) is 0. The maximum absolute atomic E-state index is 5.53. The summed E-state index contributed by atoms with van der Waals surface area (Å²) in [4.78, 5) is 7.18. The quantitative estimate of drug-likeness (QED) is 0.350. The molecule has 3 aliphatic rings. The predicted molar refractivity (Wildman–Crippen MR) is 117 cm³/mol. The molecule has 4 rings (SSSR count). The Morgan fingerprint density at radius 3 is 2.74 bits per heavy atom. The number of fused-ring (bicyclic) bond motifs is 2. The predicted octanol–water partition coefficient (Wildman–Crippen LogP) is 2.83. The lowest BCUT2D eigenvalue weighted by atomic mass is 10.1. The number of rotatable bonds is 3. The summed E-state index contributed by atoms with van der Waals surface area (Å²) in [5.41, 5.74) is 4.79. The molecule has 5 heteroatoms. The van der Waals surface area contributed by atoms with E-state index in [1.54, 1.807) is 0 Å². The number of hydrogen-bond donors (Lipinski definition) is 0. The fourth-order valence-electron chi connectivity index (χ4n) is 4.21. The molecule has 1 atom stereocenters. The number of ether oxygens (including phenoxy) is 1. The van der Waals surface area contributed by atoms with Gasteiger partial charge in [0.25, 0.3) is 0 Å². The Labute approximate surface area is 162 Å². The minimum absolute atomic E-state index is 0.803. The van der Waals surface area contributed by atoms with Gasteiger partial charge in [-0.15, -0.1) is 6.58 Å². The molecule has 1 unspecified atom stereocenters. The van der Waals surface area contributed by atoms with Crippen LogP contribution < -0.4 is 10.1 Å². The minimum atomic E-state index is -1.95. The third-order valence-corrected chi connectivity index (χ3v) is 10.1. The number of hydrogen-bond acceptors (Lipinski definition) is 3. The van der Waals surface area contributed by atoms with Crippen molar-refractivity contribution < 1.29 is 9.31 Å². The molecule has 1 aromatic rings. The molecular formula is C22H28N3OSi+. The van der Waals surface area contributed by atoms with E-state index >= 15 is 0 Å². The summed E-state index contributed by atoms with van der Waals surface area (Å²) < 4.78 is 7.95. The van der Waals surface area contributed by atoms with Gasteiger partial charge in [-0.05, 0) is 40.7 Å². The highest BCUT2D eigenvalue weighted by Gasteiger charge is 2.41. The first-order chi connectivity index (χ1) is 13.0. The second-order valence-corrected chi connectivity index (χ2v) is 12.0. The van der Waals surface area contributed by atoms with E-state index in [9.17, 15) is 0 Å². The number of morpholine rings is 1. The first-order valence-corrected chi connectivity index (χ1v) is 12.4. The van der Waals surface area contributed by atoms with Crippen molar-refractivity contribution in [3.8, 4) is 0 Å². The molecule has 1 saturated heterocycles. The van der Waals surface area contributed by atoms with E-state index in [0.717, 1.165) is 43.7 Å². The summed E-state index contributed by atoms with van der Waals surface area (Å²) >= 11 is 0. The molecule has 0 saturated carbocycles. The third-order valence-electron chi connectivity index (χ3n) is 5.84. The van der Waals surface area contributed by atoms with Crippen molar-refractivity contribution in [3.63, 3.8) is 0 Å². The Hall–Kier alpha value is -2.24. The third kappa shape index (κ3) is 3.15. The van der Waals surface area contributed by atoms with Crippen molar-refractivity contribution in [2.45, 2.75) is 12.6 Å². The van der Waals surface area contributed by atoms with Crippen molar-refractivity contribution in [3.05, 3.63) is 54.3 Å². The van der Waals surface area contributed by atoms with Crippen molar-refractivity contribution >= 4 is 36.1 Å². The van der Waals surface area contributed by atoms with Gasteiger partial charge in [0, 0.05) is 31.9 Å². The molecule has 0 N–H and O–H groups in total. The van der Waals surface area contributed by atoms with E-state index in [1.165, 1.54) is 21.8 Å². The normalized spacial score (nSPS) is 24.0. The summed E-state index contributed by atoms with van der Waals surface area (Å²) in [5, 5.41) is 2.84. The number of benzene rings is 1. The largest absolute Gasteiger partial charge is 0.378 e. The van der Waals surface area contributed by atoms with Gasteiger partial charge in [0.2, 0.25) is 0 Å². The molecule has 0 spiro atoms. The van der Waals surface area contributed by atoms with Crippen molar-refractivity contribution in [2.75, 3.05) is 45.3 Å². The maximum atomic E-state index is 5.53. The molecule has 0 radical (unpaired) electrons. The molecule has 1 aliphatic carbocycles. The Bertz CT molecular complexity index is 902. The van der Waals surface area contributed by atoms with E-state index in [4.69, 9.17) is 9.73 Å². The van der Waals surface area contributed by atoms with Gasteiger partial charge in [-0.2, -0.15) is 0 Å². The maximum Gasteiger partial charge on any atom is 0.200 e. The summed E-state index contributed by atoms with van der Waals surface area (Å²) in [6.45, 7) is 10.1. The summed E-state index contributed by atoms with van der Waals surface area (Å²) in [6.07, 6.45) is 8.91. The van der Waals surface area contributed by atoms with E-state index in [1.807, 2.05) is 0 Å². The molecule has 140 valence electrons. The van der Waals surface area contributed by atoms with E-state index in [2.05, 4.69) is 79.2 Å². The highest BCUT2D eigenvalue weighted by atomic mass is 28.3. The lowest BCUT2D eigenvalue weighted by Crippen LogP contribution is -2.52. The first-order valence-electron chi connectivity index (χ1n) is 9.64. The fourth-order valence-corrected chi connectivity index (χ4v) is 7.86. The van der Waals surface area contributed by atoms with Crippen LogP contribution in [0.15, 0.2) is 59.3 Å². The molecule has 4 nitrogen and oxygen atoms in total. The Balaban J connectivity index is 1.88. The van der Waals surface area contributed by atoms with Gasteiger partial charge in [-0.1, -0.05) is 12.6 Å².